The minimum Gasteiger partial charge on any atom is -0.453 e. The maximum absolute atomic E-state index is 7.18. The molecule has 0 aliphatic rings. The molecule has 73 heavy (non-hydrogen) atoms. The summed E-state index contributed by atoms with van der Waals surface area (Å²) in [5, 5.41) is 7.06. The topological polar surface area (TPSA) is 21.3 Å². The largest absolute Gasteiger partial charge is 0.453 e. The van der Waals surface area contributed by atoms with Crippen molar-refractivity contribution in [3.63, 3.8) is 0 Å². The van der Waals surface area contributed by atoms with Gasteiger partial charge in [-0.15, -0.1) is 0 Å². The lowest BCUT2D eigenvalue weighted by Crippen LogP contribution is -2.10. The second kappa shape index (κ2) is 17.6. The van der Waals surface area contributed by atoms with E-state index in [2.05, 4.69) is 289 Å². The van der Waals surface area contributed by atoms with Crippen molar-refractivity contribution in [2.45, 2.75) is 0 Å². The smallest absolute Gasteiger partial charge is 0.159 e. The molecule has 0 N–H and O–H groups in total. The molecule has 0 aliphatic carbocycles. The van der Waals surface area contributed by atoms with Crippen LogP contribution in [0.15, 0.2) is 283 Å². The van der Waals surface area contributed by atoms with Crippen LogP contribution in [0.1, 0.15) is 0 Å². The summed E-state index contributed by atoms with van der Waals surface area (Å²) in [5.74, 6) is 0. The highest BCUT2D eigenvalue weighted by Crippen LogP contribution is 2.47. The lowest BCUT2D eigenvalue weighted by Gasteiger charge is -2.26. The van der Waals surface area contributed by atoms with Crippen LogP contribution in [-0.4, -0.2) is 4.57 Å². The number of aromatic nitrogens is 1. The zero-order valence-electron chi connectivity index (χ0n) is 39.9. The standard InChI is InChI=1S/C70H46N2O/c1-4-15-47(16-5-1)50-31-38-57(39-32-50)71(67-26-14-24-62-68-60-22-11-10-21-56(60)46-63(70(68)73-69(62)67)54-19-8-3-9-20-54)58-40-33-52(34-41-58)49-27-29-53(30-28-49)55-37-44-66-64(45-55)61-23-12-13-25-65(61)72(66)59-42-35-51(36-43-59)48-17-6-2-7-18-48/h1-46H. The molecule has 342 valence electrons. The molecule has 3 nitrogen and oxygen atoms in total. The number of fused-ring (bicyclic) bond motifs is 8. The number of anilines is 3. The molecular formula is C70H46N2O. The molecule has 3 heteroatoms. The summed E-state index contributed by atoms with van der Waals surface area (Å²) >= 11 is 0. The van der Waals surface area contributed by atoms with Crippen LogP contribution in [0, 0.1) is 0 Å². The molecule has 0 unspecified atom stereocenters. The summed E-state index contributed by atoms with van der Waals surface area (Å²) in [7, 11) is 0. The molecule has 12 aromatic carbocycles. The molecule has 0 fully saturated rings. The fourth-order valence-electron chi connectivity index (χ4n) is 11.0. The van der Waals surface area contributed by atoms with E-state index in [1.54, 1.807) is 0 Å². The summed E-state index contributed by atoms with van der Waals surface area (Å²) in [4.78, 5) is 2.34. The van der Waals surface area contributed by atoms with Crippen LogP contribution < -0.4 is 4.90 Å². The highest BCUT2D eigenvalue weighted by Gasteiger charge is 2.23. The predicted molar refractivity (Wildman–Crippen MR) is 307 cm³/mol. The number of rotatable bonds is 9. The molecule has 0 atom stereocenters. The number of para-hydroxylation sites is 2. The van der Waals surface area contributed by atoms with E-state index in [1.165, 1.54) is 66.0 Å². The zero-order chi connectivity index (χ0) is 48.2. The third kappa shape index (κ3) is 7.37. The Labute approximate surface area is 423 Å². The molecule has 0 saturated carbocycles. The monoisotopic (exact) mass is 930 g/mol. The Morgan fingerprint density at radius 3 is 1.36 bits per heavy atom. The minimum absolute atomic E-state index is 0.845. The van der Waals surface area contributed by atoms with Crippen LogP contribution >= 0.6 is 0 Å². The lowest BCUT2D eigenvalue weighted by atomic mass is 9.96. The molecule has 14 aromatic rings. The highest BCUT2D eigenvalue weighted by atomic mass is 16.3. The second-order valence-electron chi connectivity index (χ2n) is 18.8. The SMILES string of the molecule is c1ccc(-c2ccc(N(c3ccc(-c4ccc(-c5ccc6c(c5)c5ccccc5n6-c5ccc(-c6ccccc6)cc5)cc4)cc3)c3cccc4c3oc3c(-c5ccccc5)cc5ccccc5c34)cc2)cc1. The van der Waals surface area contributed by atoms with E-state index in [0.29, 0.717) is 0 Å². The normalized spacial score (nSPS) is 11.6. The van der Waals surface area contributed by atoms with Crippen molar-refractivity contribution in [3.8, 4) is 61.3 Å². The second-order valence-corrected chi connectivity index (χ2v) is 18.8. The fourth-order valence-corrected chi connectivity index (χ4v) is 11.0. The lowest BCUT2D eigenvalue weighted by molar-refractivity contribution is 0.670. The summed E-state index contributed by atoms with van der Waals surface area (Å²) in [5.41, 5.74) is 20.0. The van der Waals surface area contributed by atoms with Gasteiger partial charge in [0, 0.05) is 44.2 Å². The van der Waals surface area contributed by atoms with Gasteiger partial charge in [-0.05, 0) is 128 Å². The Bertz CT molecular complexity index is 4310. The van der Waals surface area contributed by atoms with Gasteiger partial charge in [0.15, 0.2) is 5.58 Å². The van der Waals surface area contributed by atoms with Crippen molar-refractivity contribution in [1.29, 1.82) is 0 Å². The average molecular weight is 931 g/mol. The van der Waals surface area contributed by atoms with Crippen molar-refractivity contribution in [1.82, 2.24) is 4.57 Å². The van der Waals surface area contributed by atoms with Crippen molar-refractivity contribution in [2.75, 3.05) is 4.90 Å². The van der Waals surface area contributed by atoms with E-state index in [0.717, 1.165) is 66.9 Å². The van der Waals surface area contributed by atoms with Gasteiger partial charge < -0.3 is 13.9 Å². The molecular weight excluding hydrogens is 885 g/mol. The van der Waals surface area contributed by atoms with Gasteiger partial charge in [0.2, 0.25) is 0 Å². The summed E-state index contributed by atoms with van der Waals surface area (Å²) in [6, 6.07) is 101. The first-order chi connectivity index (χ1) is 36.2. The van der Waals surface area contributed by atoms with Gasteiger partial charge in [-0.25, -0.2) is 0 Å². The molecule has 0 spiro atoms. The van der Waals surface area contributed by atoms with Gasteiger partial charge in [0.1, 0.15) is 5.58 Å². The van der Waals surface area contributed by atoms with Crippen molar-refractivity contribution in [3.05, 3.63) is 279 Å². The Morgan fingerprint density at radius 1 is 0.288 bits per heavy atom. The van der Waals surface area contributed by atoms with Crippen LogP contribution in [0.4, 0.5) is 17.1 Å². The number of hydrogen-bond acceptors (Lipinski definition) is 2. The third-order valence-electron chi connectivity index (χ3n) is 14.6. The van der Waals surface area contributed by atoms with E-state index in [4.69, 9.17) is 4.42 Å². The van der Waals surface area contributed by atoms with Crippen molar-refractivity contribution < 1.29 is 4.42 Å². The van der Waals surface area contributed by atoms with Crippen LogP contribution in [0.2, 0.25) is 0 Å². The van der Waals surface area contributed by atoms with Crippen molar-refractivity contribution >= 4 is 71.6 Å². The first kappa shape index (κ1) is 42.2. The van der Waals surface area contributed by atoms with Crippen LogP contribution in [0.5, 0.6) is 0 Å². The van der Waals surface area contributed by atoms with E-state index in [1.807, 2.05) is 0 Å². The maximum atomic E-state index is 7.18. The Balaban J connectivity index is 0.827. The average Bonchev–Trinajstić information content (AvgIpc) is 4.03. The summed E-state index contributed by atoms with van der Waals surface area (Å²) in [6.45, 7) is 0. The first-order valence-corrected chi connectivity index (χ1v) is 25.0. The maximum Gasteiger partial charge on any atom is 0.159 e. The van der Waals surface area contributed by atoms with E-state index in [-0.39, 0.29) is 0 Å². The number of nitrogens with zero attached hydrogens (tertiary/aromatic N) is 2. The van der Waals surface area contributed by atoms with Crippen LogP contribution in [0.25, 0.3) is 116 Å². The van der Waals surface area contributed by atoms with Gasteiger partial charge in [-0.3, -0.25) is 0 Å². The molecule has 2 aromatic heterocycles. The van der Waals surface area contributed by atoms with E-state index in [9.17, 15) is 0 Å². The molecule has 0 aliphatic heterocycles. The van der Waals surface area contributed by atoms with Crippen LogP contribution in [0.3, 0.4) is 0 Å². The number of hydrogen-bond donors (Lipinski definition) is 0. The summed E-state index contributed by atoms with van der Waals surface area (Å²) in [6.07, 6.45) is 0. The van der Waals surface area contributed by atoms with Gasteiger partial charge in [0.25, 0.3) is 0 Å². The van der Waals surface area contributed by atoms with Crippen molar-refractivity contribution in [2.24, 2.45) is 0 Å². The molecule has 0 amide bonds. The Morgan fingerprint density at radius 2 is 0.740 bits per heavy atom. The Kier molecular flexibility index (Phi) is 10.2. The minimum atomic E-state index is 0.845. The molecule has 2 heterocycles. The molecule has 14 rings (SSSR count). The highest BCUT2D eigenvalue weighted by molar-refractivity contribution is 6.24. The van der Waals surface area contributed by atoms with Gasteiger partial charge >= 0.3 is 0 Å². The first-order valence-electron chi connectivity index (χ1n) is 25.0. The predicted octanol–water partition coefficient (Wildman–Crippen LogP) is 19.6. The molecule has 0 bridgehead atoms. The summed E-state index contributed by atoms with van der Waals surface area (Å²) < 4.78 is 9.56. The quantitative estimate of drug-likeness (QED) is 0.144. The van der Waals surface area contributed by atoms with Gasteiger partial charge in [-0.2, -0.15) is 0 Å². The molecule has 0 saturated heterocycles. The molecule has 0 radical (unpaired) electrons. The van der Waals surface area contributed by atoms with Gasteiger partial charge in [-0.1, -0.05) is 212 Å². The van der Waals surface area contributed by atoms with E-state index >= 15 is 0 Å². The number of benzene rings is 12. The number of furan rings is 1. The fraction of sp³-hybridized carbons (Fsp3) is 0. The van der Waals surface area contributed by atoms with Crippen LogP contribution in [-0.2, 0) is 0 Å². The van der Waals surface area contributed by atoms with Gasteiger partial charge in [0.05, 0.1) is 16.7 Å². The van der Waals surface area contributed by atoms with E-state index < -0.39 is 0 Å². The Hall–Kier alpha value is -9.70. The zero-order valence-corrected chi connectivity index (χ0v) is 39.9. The third-order valence-corrected chi connectivity index (χ3v) is 14.6.